The molecule has 0 aliphatic rings. The van der Waals surface area contributed by atoms with Gasteiger partial charge in [0.2, 0.25) is 10.0 Å². The standard InChI is InChI=1S/C14H24N2O2S/c1-3-4-5-6-7-12(2)16-13-8-10-14(11-9-13)19(15,17)18/h8-12,16H,3-7H2,1-2H3,(H2,15,17,18). The van der Waals surface area contributed by atoms with Crippen molar-refractivity contribution in [2.24, 2.45) is 5.14 Å². The first kappa shape index (κ1) is 16.0. The fraction of sp³-hybridized carbons (Fsp3) is 0.571. The largest absolute Gasteiger partial charge is 0.383 e. The van der Waals surface area contributed by atoms with Gasteiger partial charge in [0.1, 0.15) is 0 Å². The maximum Gasteiger partial charge on any atom is 0.238 e. The van der Waals surface area contributed by atoms with Gasteiger partial charge in [-0.15, -0.1) is 0 Å². The van der Waals surface area contributed by atoms with Gasteiger partial charge < -0.3 is 5.32 Å². The second-order valence-corrected chi connectivity index (χ2v) is 6.53. The Morgan fingerprint density at radius 3 is 2.32 bits per heavy atom. The molecule has 108 valence electrons. The van der Waals surface area contributed by atoms with E-state index in [1.807, 2.05) is 0 Å². The fourth-order valence-corrected chi connectivity index (χ4v) is 2.49. The molecule has 0 aliphatic heterocycles. The second kappa shape index (κ2) is 7.50. The molecule has 0 aromatic heterocycles. The molecule has 0 radical (unpaired) electrons. The number of anilines is 1. The van der Waals surface area contributed by atoms with Crippen molar-refractivity contribution in [3.05, 3.63) is 24.3 Å². The average molecular weight is 284 g/mol. The summed E-state index contributed by atoms with van der Waals surface area (Å²) in [4.78, 5) is 0.147. The van der Waals surface area contributed by atoms with Crippen LogP contribution in [0.3, 0.4) is 0 Å². The number of sulfonamides is 1. The van der Waals surface area contributed by atoms with Gasteiger partial charge in [0.05, 0.1) is 4.90 Å². The van der Waals surface area contributed by atoms with E-state index in [4.69, 9.17) is 5.14 Å². The highest BCUT2D eigenvalue weighted by Crippen LogP contribution is 2.15. The number of hydrogen-bond acceptors (Lipinski definition) is 3. The smallest absolute Gasteiger partial charge is 0.238 e. The minimum absolute atomic E-state index is 0.147. The minimum atomic E-state index is -3.60. The lowest BCUT2D eigenvalue weighted by Crippen LogP contribution is -2.15. The van der Waals surface area contributed by atoms with Gasteiger partial charge in [0.25, 0.3) is 0 Å². The van der Waals surface area contributed by atoms with Crippen LogP contribution in [0.1, 0.15) is 46.0 Å². The van der Waals surface area contributed by atoms with E-state index in [1.54, 1.807) is 12.1 Å². The van der Waals surface area contributed by atoms with E-state index in [1.165, 1.54) is 37.8 Å². The molecule has 1 rings (SSSR count). The zero-order valence-electron chi connectivity index (χ0n) is 11.7. The van der Waals surface area contributed by atoms with Crippen LogP contribution in [-0.2, 0) is 10.0 Å². The average Bonchev–Trinajstić information content (AvgIpc) is 2.34. The summed E-state index contributed by atoms with van der Waals surface area (Å²) in [6.45, 7) is 4.34. The Balaban J connectivity index is 2.45. The third-order valence-electron chi connectivity index (χ3n) is 3.09. The Hall–Kier alpha value is -1.07. The third kappa shape index (κ3) is 6.07. The van der Waals surface area contributed by atoms with Crippen LogP contribution >= 0.6 is 0 Å². The molecule has 0 aliphatic carbocycles. The summed E-state index contributed by atoms with van der Waals surface area (Å²) >= 11 is 0. The zero-order chi connectivity index (χ0) is 14.3. The van der Waals surface area contributed by atoms with Gasteiger partial charge in [0.15, 0.2) is 0 Å². The highest BCUT2D eigenvalue weighted by Gasteiger charge is 2.07. The lowest BCUT2D eigenvalue weighted by molar-refractivity contribution is 0.594. The predicted molar refractivity (Wildman–Crippen MR) is 79.7 cm³/mol. The summed E-state index contributed by atoms with van der Waals surface area (Å²) in [7, 11) is -3.60. The molecule has 1 aromatic carbocycles. The molecule has 0 spiro atoms. The quantitative estimate of drug-likeness (QED) is 0.720. The van der Waals surface area contributed by atoms with Crippen LogP contribution in [0, 0.1) is 0 Å². The second-order valence-electron chi connectivity index (χ2n) is 4.96. The Bertz CT molecular complexity index is 469. The lowest BCUT2D eigenvalue weighted by atomic mass is 10.1. The normalized spacial score (nSPS) is 13.2. The van der Waals surface area contributed by atoms with Crippen LogP contribution in [0.2, 0.25) is 0 Å². The van der Waals surface area contributed by atoms with Crippen LogP contribution in [0.5, 0.6) is 0 Å². The van der Waals surface area contributed by atoms with Crippen molar-refractivity contribution in [2.75, 3.05) is 5.32 Å². The Labute approximate surface area is 116 Å². The van der Waals surface area contributed by atoms with Gasteiger partial charge in [-0.05, 0) is 37.6 Å². The fourth-order valence-electron chi connectivity index (χ4n) is 1.97. The van der Waals surface area contributed by atoms with Crippen LogP contribution in [0.4, 0.5) is 5.69 Å². The lowest BCUT2D eigenvalue weighted by Gasteiger charge is -2.15. The van der Waals surface area contributed by atoms with Gasteiger partial charge in [-0.25, -0.2) is 13.6 Å². The van der Waals surface area contributed by atoms with E-state index in [2.05, 4.69) is 19.2 Å². The molecule has 0 saturated carbocycles. The molecule has 1 atom stereocenters. The Morgan fingerprint density at radius 2 is 1.79 bits per heavy atom. The van der Waals surface area contributed by atoms with Crippen molar-refractivity contribution in [2.45, 2.75) is 56.9 Å². The molecule has 0 amide bonds. The number of hydrogen-bond donors (Lipinski definition) is 2. The number of nitrogens with one attached hydrogen (secondary N) is 1. The van der Waals surface area contributed by atoms with Crippen molar-refractivity contribution in [1.29, 1.82) is 0 Å². The van der Waals surface area contributed by atoms with Gasteiger partial charge in [0, 0.05) is 11.7 Å². The first-order valence-corrected chi connectivity index (χ1v) is 8.37. The van der Waals surface area contributed by atoms with Crippen molar-refractivity contribution in [3.63, 3.8) is 0 Å². The molecule has 0 bridgehead atoms. The maximum atomic E-state index is 11.1. The number of rotatable bonds is 8. The summed E-state index contributed by atoms with van der Waals surface area (Å²) in [5.74, 6) is 0. The van der Waals surface area contributed by atoms with Crippen molar-refractivity contribution in [1.82, 2.24) is 0 Å². The van der Waals surface area contributed by atoms with E-state index < -0.39 is 10.0 Å². The number of unbranched alkanes of at least 4 members (excludes halogenated alkanes) is 3. The predicted octanol–water partition coefficient (Wildman–Crippen LogP) is 3.10. The molecule has 4 nitrogen and oxygen atoms in total. The summed E-state index contributed by atoms with van der Waals surface area (Å²) < 4.78 is 22.3. The molecular weight excluding hydrogens is 260 g/mol. The zero-order valence-corrected chi connectivity index (χ0v) is 12.5. The topological polar surface area (TPSA) is 72.2 Å². The van der Waals surface area contributed by atoms with Crippen molar-refractivity contribution < 1.29 is 8.42 Å². The van der Waals surface area contributed by atoms with E-state index >= 15 is 0 Å². The van der Waals surface area contributed by atoms with Crippen molar-refractivity contribution in [3.8, 4) is 0 Å². The maximum absolute atomic E-state index is 11.1. The minimum Gasteiger partial charge on any atom is -0.383 e. The Morgan fingerprint density at radius 1 is 1.16 bits per heavy atom. The van der Waals surface area contributed by atoms with Gasteiger partial charge >= 0.3 is 0 Å². The third-order valence-corrected chi connectivity index (χ3v) is 4.02. The monoisotopic (exact) mass is 284 g/mol. The van der Waals surface area contributed by atoms with E-state index in [0.29, 0.717) is 6.04 Å². The first-order chi connectivity index (χ1) is 8.93. The van der Waals surface area contributed by atoms with E-state index in [-0.39, 0.29) is 4.90 Å². The van der Waals surface area contributed by atoms with Crippen LogP contribution in [0.15, 0.2) is 29.2 Å². The van der Waals surface area contributed by atoms with Crippen LogP contribution in [-0.4, -0.2) is 14.5 Å². The molecule has 1 aromatic rings. The Kier molecular flexibility index (Phi) is 6.31. The summed E-state index contributed by atoms with van der Waals surface area (Å²) in [6.07, 6.45) is 6.15. The van der Waals surface area contributed by atoms with Crippen molar-refractivity contribution >= 4 is 15.7 Å². The van der Waals surface area contributed by atoms with Gasteiger partial charge in [-0.2, -0.15) is 0 Å². The number of benzene rings is 1. The molecule has 0 fully saturated rings. The van der Waals surface area contributed by atoms with Gasteiger partial charge in [-0.1, -0.05) is 32.6 Å². The molecule has 0 saturated heterocycles. The molecular formula is C14H24N2O2S. The number of nitrogens with two attached hydrogens (primary N) is 1. The van der Waals surface area contributed by atoms with Gasteiger partial charge in [-0.3, -0.25) is 0 Å². The molecule has 3 N–H and O–H groups in total. The highest BCUT2D eigenvalue weighted by molar-refractivity contribution is 7.89. The molecule has 5 heteroatoms. The van der Waals surface area contributed by atoms with E-state index in [0.717, 1.165) is 12.1 Å². The van der Waals surface area contributed by atoms with Crippen LogP contribution < -0.4 is 10.5 Å². The molecule has 0 heterocycles. The summed E-state index contributed by atoms with van der Waals surface area (Å²) in [6, 6.07) is 6.95. The summed E-state index contributed by atoms with van der Waals surface area (Å²) in [5.41, 5.74) is 0.926. The van der Waals surface area contributed by atoms with E-state index in [9.17, 15) is 8.42 Å². The SMILES string of the molecule is CCCCCCC(C)Nc1ccc(S(N)(=O)=O)cc1. The highest BCUT2D eigenvalue weighted by atomic mass is 32.2. The van der Waals surface area contributed by atoms with Crippen LogP contribution in [0.25, 0.3) is 0 Å². The molecule has 1 unspecified atom stereocenters. The first-order valence-electron chi connectivity index (χ1n) is 6.83. The molecule has 19 heavy (non-hydrogen) atoms. The number of primary sulfonamides is 1. The summed E-state index contributed by atoms with van der Waals surface area (Å²) in [5, 5.41) is 8.42.